The average Bonchev–Trinajstić information content (AvgIpc) is 2.80. The Morgan fingerprint density at radius 2 is 2.26 bits per heavy atom. The molecule has 1 aliphatic heterocycles. The number of ether oxygens (including phenoxy) is 1. The minimum Gasteiger partial charge on any atom is -0.493 e. The van der Waals surface area contributed by atoms with Crippen LogP contribution in [0.5, 0.6) is 5.75 Å². The number of benzene rings is 1. The van der Waals surface area contributed by atoms with Crippen molar-refractivity contribution in [1.82, 2.24) is 9.78 Å². The van der Waals surface area contributed by atoms with Gasteiger partial charge in [0.05, 0.1) is 18.3 Å². The first-order valence-electron chi connectivity index (χ1n) is 6.24. The van der Waals surface area contributed by atoms with Gasteiger partial charge >= 0.3 is 0 Å². The van der Waals surface area contributed by atoms with Crippen molar-refractivity contribution in [2.75, 3.05) is 6.61 Å². The molecule has 2 N–H and O–H groups in total. The van der Waals surface area contributed by atoms with E-state index in [0.717, 1.165) is 23.4 Å². The summed E-state index contributed by atoms with van der Waals surface area (Å²) in [5.74, 6) is 0.395. The second-order valence-electron chi connectivity index (χ2n) is 4.67. The van der Waals surface area contributed by atoms with Crippen molar-refractivity contribution in [2.45, 2.75) is 19.4 Å². The van der Waals surface area contributed by atoms with Gasteiger partial charge in [0.2, 0.25) is 0 Å². The topological polar surface area (TPSA) is 70.1 Å². The van der Waals surface area contributed by atoms with Crippen LogP contribution in [0.3, 0.4) is 0 Å². The fourth-order valence-corrected chi connectivity index (χ4v) is 2.52. The van der Waals surface area contributed by atoms with Crippen molar-refractivity contribution in [3.05, 3.63) is 47.3 Å². The molecule has 0 aliphatic carbocycles. The fourth-order valence-electron chi connectivity index (χ4n) is 2.52. The average molecular weight is 257 g/mol. The van der Waals surface area contributed by atoms with Crippen LogP contribution in [0.25, 0.3) is 0 Å². The standard InChI is InChI=1S/C14H15N3O2/c1-9-8-12(14(15)18)17(16-9)11-6-7-19-13-5-3-2-4-10(11)13/h2-5,8,11H,6-7H2,1H3,(H2,15,18). The highest BCUT2D eigenvalue weighted by Crippen LogP contribution is 2.34. The Morgan fingerprint density at radius 3 is 3.05 bits per heavy atom. The molecule has 0 bridgehead atoms. The molecule has 98 valence electrons. The van der Waals surface area contributed by atoms with Crippen LogP contribution >= 0.6 is 0 Å². The van der Waals surface area contributed by atoms with E-state index in [0.29, 0.717) is 12.3 Å². The molecule has 1 aliphatic rings. The van der Waals surface area contributed by atoms with E-state index in [1.165, 1.54) is 0 Å². The number of nitrogens with two attached hydrogens (primary N) is 1. The number of carbonyl (C=O) groups excluding carboxylic acids is 1. The predicted octanol–water partition coefficient (Wildman–Crippen LogP) is 1.66. The zero-order chi connectivity index (χ0) is 13.4. The summed E-state index contributed by atoms with van der Waals surface area (Å²) < 4.78 is 7.35. The molecule has 2 aromatic rings. The van der Waals surface area contributed by atoms with E-state index >= 15 is 0 Å². The van der Waals surface area contributed by atoms with E-state index in [1.54, 1.807) is 10.7 Å². The van der Waals surface area contributed by atoms with E-state index in [-0.39, 0.29) is 6.04 Å². The lowest BCUT2D eigenvalue weighted by molar-refractivity contribution is 0.0986. The number of fused-ring (bicyclic) bond motifs is 1. The van der Waals surface area contributed by atoms with Gasteiger partial charge in [-0.1, -0.05) is 18.2 Å². The van der Waals surface area contributed by atoms with Gasteiger partial charge in [-0.15, -0.1) is 0 Å². The Kier molecular flexibility index (Phi) is 2.74. The van der Waals surface area contributed by atoms with Crippen LogP contribution in [0, 0.1) is 6.92 Å². The Morgan fingerprint density at radius 1 is 1.47 bits per heavy atom. The SMILES string of the molecule is Cc1cc(C(N)=O)n(C2CCOc3ccccc32)n1. The Balaban J connectivity index is 2.11. The number of amides is 1. The first-order chi connectivity index (χ1) is 9.16. The van der Waals surface area contributed by atoms with Gasteiger partial charge in [-0.3, -0.25) is 9.48 Å². The minimum atomic E-state index is -0.454. The maximum absolute atomic E-state index is 11.5. The molecular formula is C14H15N3O2. The van der Waals surface area contributed by atoms with E-state index in [4.69, 9.17) is 10.5 Å². The lowest BCUT2D eigenvalue weighted by Crippen LogP contribution is -2.26. The Labute approximate surface area is 111 Å². The van der Waals surface area contributed by atoms with Crippen LogP contribution in [-0.4, -0.2) is 22.3 Å². The van der Waals surface area contributed by atoms with Crippen molar-refractivity contribution in [1.29, 1.82) is 0 Å². The molecule has 1 unspecified atom stereocenters. The van der Waals surface area contributed by atoms with Gasteiger partial charge in [0.25, 0.3) is 5.91 Å². The normalized spacial score (nSPS) is 17.6. The van der Waals surface area contributed by atoms with Crippen LogP contribution < -0.4 is 10.5 Å². The van der Waals surface area contributed by atoms with E-state index in [2.05, 4.69) is 5.10 Å². The van der Waals surface area contributed by atoms with Gasteiger partial charge < -0.3 is 10.5 Å². The molecule has 19 heavy (non-hydrogen) atoms. The molecule has 0 spiro atoms. The molecule has 2 heterocycles. The summed E-state index contributed by atoms with van der Waals surface area (Å²) in [5.41, 5.74) is 7.70. The molecule has 0 saturated carbocycles. The molecule has 0 radical (unpaired) electrons. The van der Waals surface area contributed by atoms with E-state index < -0.39 is 5.91 Å². The zero-order valence-corrected chi connectivity index (χ0v) is 10.7. The molecule has 5 nitrogen and oxygen atoms in total. The number of carbonyl (C=O) groups is 1. The first-order valence-corrected chi connectivity index (χ1v) is 6.24. The quantitative estimate of drug-likeness (QED) is 0.889. The summed E-state index contributed by atoms with van der Waals surface area (Å²) in [4.78, 5) is 11.5. The highest BCUT2D eigenvalue weighted by molar-refractivity contribution is 5.91. The van der Waals surface area contributed by atoms with Crippen molar-refractivity contribution < 1.29 is 9.53 Å². The second-order valence-corrected chi connectivity index (χ2v) is 4.67. The second kappa shape index (κ2) is 4.42. The summed E-state index contributed by atoms with van der Waals surface area (Å²) in [6.07, 6.45) is 0.776. The summed E-state index contributed by atoms with van der Waals surface area (Å²) >= 11 is 0. The maximum Gasteiger partial charge on any atom is 0.267 e. The highest BCUT2D eigenvalue weighted by Gasteiger charge is 2.26. The smallest absolute Gasteiger partial charge is 0.267 e. The molecule has 1 aromatic heterocycles. The zero-order valence-electron chi connectivity index (χ0n) is 10.7. The van der Waals surface area contributed by atoms with Gasteiger partial charge in [0.15, 0.2) is 0 Å². The molecular weight excluding hydrogens is 242 g/mol. The number of para-hydroxylation sites is 1. The summed E-state index contributed by atoms with van der Waals surface area (Å²) in [5, 5.41) is 4.41. The number of rotatable bonds is 2. The van der Waals surface area contributed by atoms with Gasteiger partial charge in [0, 0.05) is 12.0 Å². The number of primary amides is 1. The lowest BCUT2D eigenvalue weighted by Gasteiger charge is -2.26. The van der Waals surface area contributed by atoms with Crippen LogP contribution in [-0.2, 0) is 0 Å². The third-order valence-electron chi connectivity index (χ3n) is 3.33. The number of nitrogens with zero attached hydrogens (tertiary/aromatic N) is 2. The molecule has 5 heteroatoms. The van der Waals surface area contributed by atoms with Crippen molar-refractivity contribution in [3.63, 3.8) is 0 Å². The Hall–Kier alpha value is -2.30. The van der Waals surface area contributed by atoms with Crippen molar-refractivity contribution in [2.24, 2.45) is 5.73 Å². The third-order valence-corrected chi connectivity index (χ3v) is 3.33. The summed E-state index contributed by atoms with van der Waals surface area (Å²) in [7, 11) is 0. The van der Waals surface area contributed by atoms with Gasteiger partial charge in [-0.05, 0) is 19.1 Å². The maximum atomic E-state index is 11.5. The fraction of sp³-hybridized carbons (Fsp3) is 0.286. The number of hydrogen-bond donors (Lipinski definition) is 1. The number of aryl methyl sites for hydroxylation is 1. The van der Waals surface area contributed by atoms with E-state index in [1.807, 2.05) is 31.2 Å². The van der Waals surface area contributed by atoms with Gasteiger partial charge in [-0.25, -0.2) is 0 Å². The molecule has 1 atom stereocenters. The summed E-state index contributed by atoms with van der Waals surface area (Å²) in [6.45, 7) is 2.47. The highest BCUT2D eigenvalue weighted by atomic mass is 16.5. The molecule has 1 aromatic carbocycles. The van der Waals surface area contributed by atoms with E-state index in [9.17, 15) is 4.79 Å². The summed E-state index contributed by atoms with van der Waals surface area (Å²) in [6, 6.07) is 9.55. The van der Waals surface area contributed by atoms with Gasteiger partial charge in [0.1, 0.15) is 11.4 Å². The van der Waals surface area contributed by atoms with Crippen LogP contribution in [0.15, 0.2) is 30.3 Å². The number of aromatic nitrogens is 2. The lowest BCUT2D eigenvalue weighted by atomic mass is 10.0. The van der Waals surface area contributed by atoms with Crippen molar-refractivity contribution >= 4 is 5.91 Å². The van der Waals surface area contributed by atoms with Crippen LogP contribution in [0.4, 0.5) is 0 Å². The molecule has 0 saturated heterocycles. The first kappa shape index (κ1) is 11.8. The monoisotopic (exact) mass is 257 g/mol. The third kappa shape index (κ3) is 1.97. The van der Waals surface area contributed by atoms with Gasteiger partial charge in [-0.2, -0.15) is 5.10 Å². The molecule has 1 amide bonds. The number of hydrogen-bond acceptors (Lipinski definition) is 3. The minimum absolute atomic E-state index is 0.00106. The molecule has 0 fully saturated rings. The van der Waals surface area contributed by atoms with Crippen LogP contribution in [0.2, 0.25) is 0 Å². The largest absolute Gasteiger partial charge is 0.493 e. The van der Waals surface area contributed by atoms with Crippen molar-refractivity contribution in [3.8, 4) is 5.75 Å². The predicted molar refractivity (Wildman–Crippen MR) is 70.2 cm³/mol. The van der Waals surface area contributed by atoms with Crippen LogP contribution in [0.1, 0.15) is 34.2 Å². The molecule has 3 rings (SSSR count). The Bertz CT molecular complexity index is 633.